The van der Waals surface area contributed by atoms with Crippen molar-refractivity contribution in [2.45, 2.75) is 46.7 Å². The van der Waals surface area contributed by atoms with Crippen LogP contribution in [0.3, 0.4) is 0 Å². The number of nitrogens with zero attached hydrogens (tertiary/aromatic N) is 1. The van der Waals surface area contributed by atoms with Crippen LogP contribution < -0.4 is 10.9 Å². The first-order chi connectivity index (χ1) is 15.8. The molecule has 4 aromatic rings. The van der Waals surface area contributed by atoms with Crippen LogP contribution in [0.4, 0.5) is 4.39 Å². The van der Waals surface area contributed by atoms with Gasteiger partial charge in [0.25, 0.3) is 5.56 Å². The average molecular weight is 446 g/mol. The summed E-state index contributed by atoms with van der Waals surface area (Å²) in [7, 11) is 0. The zero-order chi connectivity index (χ0) is 23.7. The second kappa shape index (κ2) is 9.06. The van der Waals surface area contributed by atoms with E-state index in [2.05, 4.69) is 21.8 Å². The normalized spacial score (nSPS) is 12.2. The molecule has 0 spiro atoms. The Balaban J connectivity index is 1.62. The average Bonchev–Trinajstić information content (AvgIpc) is 3.04. The lowest BCUT2D eigenvalue weighted by Gasteiger charge is -2.18. The summed E-state index contributed by atoms with van der Waals surface area (Å²) in [6.45, 7) is 7.98. The molecule has 0 aliphatic rings. The van der Waals surface area contributed by atoms with Crippen LogP contribution in [0.15, 0.2) is 59.4 Å². The van der Waals surface area contributed by atoms with Gasteiger partial charge in [-0.25, -0.2) is 4.39 Å². The minimum Gasteiger partial charge on any atom is -0.352 e. The number of aryl methyl sites for hydroxylation is 2. The molecular weight excluding hydrogens is 417 g/mol. The maximum Gasteiger partial charge on any atom is 0.253 e. The van der Waals surface area contributed by atoms with E-state index in [4.69, 9.17) is 0 Å². The van der Waals surface area contributed by atoms with Crippen molar-refractivity contribution in [2.24, 2.45) is 0 Å². The second-order valence-corrected chi connectivity index (χ2v) is 8.58. The summed E-state index contributed by atoms with van der Waals surface area (Å²) in [4.78, 5) is 27.9. The van der Waals surface area contributed by atoms with Gasteiger partial charge in [-0.2, -0.15) is 0 Å². The number of carbonyl (C=O) groups excluding carboxylic acids is 1. The summed E-state index contributed by atoms with van der Waals surface area (Å²) in [6, 6.07) is 16.4. The van der Waals surface area contributed by atoms with Gasteiger partial charge < -0.3 is 14.9 Å². The Morgan fingerprint density at radius 3 is 2.45 bits per heavy atom. The van der Waals surface area contributed by atoms with Gasteiger partial charge in [-0.1, -0.05) is 30.3 Å². The minimum absolute atomic E-state index is 0.0268. The van der Waals surface area contributed by atoms with Crippen LogP contribution >= 0.6 is 0 Å². The van der Waals surface area contributed by atoms with Crippen molar-refractivity contribution < 1.29 is 9.18 Å². The first-order valence-corrected chi connectivity index (χ1v) is 11.1. The van der Waals surface area contributed by atoms with Crippen LogP contribution in [0.1, 0.15) is 46.6 Å². The summed E-state index contributed by atoms with van der Waals surface area (Å²) >= 11 is 0. The Hall–Kier alpha value is -3.67. The van der Waals surface area contributed by atoms with E-state index >= 15 is 0 Å². The Labute approximate surface area is 192 Å². The van der Waals surface area contributed by atoms with Crippen molar-refractivity contribution in [2.75, 3.05) is 0 Å². The Morgan fingerprint density at radius 2 is 1.76 bits per heavy atom. The molecule has 2 heterocycles. The summed E-state index contributed by atoms with van der Waals surface area (Å²) < 4.78 is 15.6. The van der Waals surface area contributed by atoms with Crippen LogP contribution in [0.5, 0.6) is 0 Å². The Bertz CT molecular complexity index is 1380. The number of carbonyl (C=O) groups is 1. The molecule has 1 amide bonds. The minimum atomic E-state index is -0.264. The fourth-order valence-corrected chi connectivity index (χ4v) is 4.58. The van der Waals surface area contributed by atoms with Crippen LogP contribution in [0.25, 0.3) is 10.9 Å². The zero-order valence-corrected chi connectivity index (χ0v) is 19.3. The molecule has 0 aliphatic carbocycles. The van der Waals surface area contributed by atoms with E-state index in [9.17, 15) is 14.0 Å². The molecule has 0 fully saturated rings. The van der Waals surface area contributed by atoms with Gasteiger partial charge in [0, 0.05) is 34.4 Å². The van der Waals surface area contributed by atoms with Crippen LogP contribution in [0.2, 0.25) is 0 Å². The lowest BCUT2D eigenvalue weighted by molar-refractivity contribution is -0.120. The predicted octanol–water partition coefficient (Wildman–Crippen LogP) is 4.86. The quantitative estimate of drug-likeness (QED) is 0.445. The van der Waals surface area contributed by atoms with E-state index in [1.807, 2.05) is 51.1 Å². The highest BCUT2D eigenvalue weighted by Gasteiger charge is 2.20. The number of para-hydroxylation sites is 1. The number of aromatic amines is 1. The monoisotopic (exact) mass is 445 g/mol. The Kier molecular flexibility index (Phi) is 6.18. The molecule has 0 bridgehead atoms. The van der Waals surface area contributed by atoms with Gasteiger partial charge in [-0.15, -0.1) is 0 Å². The maximum absolute atomic E-state index is 13.4. The van der Waals surface area contributed by atoms with Gasteiger partial charge in [0.1, 0.15) is 5.82 Å². The standard InChI is InChI=1S/C27H28FN3O2/c1-16-13-17(2)30-27(33)24(16)15-29-26(32)14-23-19(4)31(25-8-6-5-7-22(23)25)18(3)20-9-11-21(28)12-10-20/h5-13,18H,14-15H2,1-4H3,(H,29,32)(H,30,33). The van der Waals surface area contributed by atoms with Crippen molar-refractivity contribution in [1.82, 2.24) is 14.9 Å². The van der Waals surface area contributed by atoms with Crippen molar-refractivity contribution in [3.8, 4) is 0 Å². The third-order valence-corrected chi connectivity index (χ3v) is 6.32. The lowest BCUT2D eigenvalue weighted by Crippen LogP contribution is -2.29. The molecule has 5 nitrogen and oxygen atoms in total. The van der Waals surface area contributed by atoms with Gasteiger partial charge in [0.05, 0.1) is 12.5 Å². The van der Waals surface area contributed by atoms with Gasteiger partial charge in [0.15, 0.2) is 0 Å². The number of hydrogen-bond acceptors (Lipinski definition) is 2. The third-order valence-electron chi connectivity index (χ3n) is 6.32. The molecule has 0 aliphatic heterocycles. The maximum atomic E-state index is 13.4. The highest BCUT2D eigenvalue weighted by Crippen LogP contribution is 2.32. The molecule has 1 atom stereocenters. The topological polar surface area (TPSA) is 66.9 Å². The van der Waals surface area contributed by atoms with Crippen LogP contribution in [-0.2, 0) is 17.8 Å². The number of pyridine rings is 1. The van der Waals surface area contributed by atoms with E-state index < -0.39 is 0 Å². The molecule has 1 unspecified atom stereocenters. The molecular formula is C27H28FN3O2. The molecule has 6 heteroatoms. The zero-order valence-electron chi connectivity index (χ0n) is 19.3. The summed E-state index contributed by atoms with van der Waals surface area (Å²) in [6.07, 6.45) is 0.207. The highest BCUT2D eigenvalue weighted by molar-refractivity contribution is 5.91. The smallest absolute Gasteiger partial charge is 0.253 e. The van der Waals surface area contributed by atoms with Gasteiger partial charge >= 0.3 is 0 Å². The van der Waals surface area contributed by atoms with Crippen molar-refractivity contribution >= 4 is 16.8 Å². The first kappa shape index (κ1) is 22.5. The number of rotatable bonds is 6. The summed E-state index contributed by atoms with van der Waals surface area (Å²) in [5.41, 5.74) is 6.01. The molecule has 0 saturated heterocycles. The lowest BCUT2D eigenvalue weighted by atomic mass is 10.1. The third kappa shape index (κ3) is 4.46. The van der Waals surface area contributed by atoms with Crippen LogP contribution in [-0.4, -0.2) is 15.5 Å². The Morgan fingerprint density at radius 1 is 1.06 bits per heavy atom. The number of fused-ring (bicyclic) bond motifs is 1. The van der Waals surface area contributed by atoms with Crippen LogP contribution in [0, 0.1) is 26.6 Å². The number of benzene rings is 2. The molecule has 170 valence electrons. The van der Waals surface area contributed by atoms with E-state index in [0.717, 1.165) is 39.0 Å². The molecule has 2 aromatic heterocycles. The van der Waals surface area contributed by atoms with E-state index in [1.165, 1.54) is 12.1 Å². The highest BCUT2D eigenvalue weighted by atomic mass is 19.1. The number of halogens is 1. The molecule has 0 saturated carbocycles. The van der Waals surface area contributed by atoms with Crippen molar-refractivity contribution in [1.29, 1.82) is 0 Å². The second-order valence-electron chi connectivity index (χ2n) is 8.58. The first-order valence-electron chi connectivity index (χ1n) is 11.1. The fourth-order valence-electron chi connectivity index (χ4n) is 4.58. The number of H-pyrrole nitrogens is 1. The van der Waals surface area contributed by atoms with Crippen molar-refractivity contribution in [3.05, 3.63) is 104 Å². The van der Waals surface area contributed by atoms with Gasteiger partial charge in [-0.3, -0.25) is 9.59 Å². The van der Waals surface area contributed by atoms with Gasteiger partial charge in [0.2, 0.25) is 5.91 Å². The molecule has 0 radical (unpaired) electrons. The van der Waals surface area contributed by atoms with E-state index in [1.54, 1.807) is 12.1 Å². The SMILES string of the molecule is Cc1cc(C)c(CNC(=O)Cc2c(C)n(C(C)c3ccc(F)cc3)c3ccccc23)c(=O)[nH]1. The van der Waals surface area contributed by atoms with Gasteiger partial charge in [-0.05, 0) is 68.7 Å². The molecule has 4 rings (SSSR count). The summed E-state index contributed by atoms with van der Waals surface area (Å²) in [5.74, 6) is -0.408. The number of hydrogen-bond donors (Lipinski definition) is 2. The van der Waals surface area contributed by atoms with Crippen molar-refractivity contribution in [3.63, 3.8) is 0 Å². The van der Waals surface area contributed by atoms with E-state index in [-0.39, 0.29) is 36.3 Å². The molecule has 33 heavy (non-hydrogen) atoms. The largest absolute Gasteiger partial charge is 0.352 e. The molecule has 2 aromatic carbocycles. The number of nitrogens with one attached hydrogen (secondary N) is 2. The summed E-state index contributed by atoms with van der Waals surface area (Å²) in [5, 5.41) is 3.92. The fraction of sp³-hybridized carbons (Fsp3) is 0.259. The molecule has 2 N–H and O–H groups in total. The predicted molar refractivity (Wildman–Crippen MR) is 129 cm³/mol. The number of aromatic nitrogens is 2. The van der Waals surface area contributed by atoms with E-state index in [0.29, 0.717) is 5.56 Å². The number of amides is 1.